The minimum absolute atomic E-state index is 0.826. The van der Waals surface area contributed by atoms with Crippen molar-refractivity contribution in [3.63, 3.8) is 0 Å². The highest BCUT2D eigenvalue weighted by Crippen LogP contribution is 2.18. The second-order valence-electron chi connectivity index (χ2n) is 4.10. The van der Waals surface area contributed by atoms with E-state index in [9.17, 15) is 0 Å². The molecule has 0 aliphatic rings. The summed E-state index contributed by atoms with van der Waals surface area (Å²) in [7, 11) is 0.352. The lowest BCUT2D eigenvalue weighted by atomic mass is 10.3. The smallest absolute Gasteiger partial charge is 0.120 e. The molecular weight excluding hydrogens is 200 g/mol. The average molecular weight is 215 g/mol. The van der Waals surface area contributed by atoms with Gasteiger partial charge in [0.25, 0.3) is 0 Å². The van der Waals surface area contributed by atoms with Crippen molar-refractivity contribution >= 4 is 24.9 Å². The van der Waals surface area contributed by atoms with Crippen LogP contribution in [0.25, 0.3) is 0 Å². The fourth-order valence-corrected chi connectivity index (χ4v) is 3.62. The summed E-state index contributed by atoms with van der Waals surface area (Å²) in [5.74, 6) is 0.826. The zero-order valence-corrected chi connectivity index (χ0v) is 10.3. The Morgan fingerprint density at radius 3 is 2.23 bits per heavy atom. The topological polar surface area (TPSA) is 9.23 Å². The van der Waals surface area contributed by atoms with Gasteiger partial charge in [0.15, 0.2) is 0 Å². The molecule has 0 saturated heterocycles. The van der Waals surface area contributed by atoms with Crippen LogP contribution in [0.1, 0.15) is 0 Å². The van der Waals surface area contributed by atoms with Crippen LogP contribution in [0, 0.1) is 0 Å². The quantitative estimate of drug-likeness (QED) is 0.688. The molecule has 3 heteroatoms. The number of ether oxygens (including phenoxy) is 1. The number of hydrogen-bond acceptors (Lipinski definition) is 1. The zero-order valence-electron chi connectivity index (χ0n) is 8.52. The zero-order chi connectivity index (χ0) is 10.1. The molecule has 0 aliphatic heterocycles. The van der Waals surface area contributed by atoms with Gasteiger partial charge in [0.1, 0.15) is 5.75 Å². The van der Waals surface area contributed by atoms with Crippen molar-refractivity contribution in [1.29, 1.82) is 0 Å². The van der Waals surface area contributed by atoms with Crippen LogP contribution in [-0.2, 0) is 0 Å². The molecule has 0 heterocycles. The van der Waals surface area contributed by atoms with Crippen LogP contribution in [0.3, 0.4) is 0 Å². The molecular formula is C10H15ClOSi. The molecule has 0 aliphatic carbocycles. The first-order valence-electron chi connectivity index (χ1n) is 4.29. The first-order valence-corrected chi connectivity index (χ1v) is 8.17. The van der Waals surface area contributed by atoms with Gasteiger partial charge in [0, 0.05) is 5.02 Å². The lowest BCUT2D eigenvalue weighted by Gasteiger charge is -2.18. The van der Waals surface area contributed by atoms with E-state index >= 15 is 0 Å². The lowest BCUT2D eigenvalue weighted by Crippen LogP contribution is -2.38. The monoisotopic (exact) mass is 214 g/mol. The third-order valence-electron chi connectivity index (χ3n) is 1.98. The van der Waals surface area contributed by atoms with Crippen molar-refractivity contribution in [2.45, 2.75) is 19.6 Å². The van der Waals surface area contributed by atoms with E-state index in [4.69, 9.17) is 16.3 Å². The summed E-state index contributed by atoms with van der Waals surface area (Å²) in [5, 5.41) is 2.12. The predicted octanol–water partition coefficient (Wildman–Crippen LogP) is 2.89. The highest BCUT2D eigenvalue weighted by atomic mass is 35.5. The molecule has 0 fully saturated rings. The molecule has 1 nitrogen and oxygen atoms in total. The van der Waals surface area contributed by atoms with Crippen LogP contribution in [0.15, 0.2) is 18.2 Å². The largest absolute Gasteiger partial charge is 0.497 e. The SMILES string of the molecule is COc1ccc([Si](C)(C)C)c(Cl)c1. The minimum Gasteiger partial charge on any atom is -0.497 e. The molecule has 0 aromatic heterocycles. The van der Waals surface area contributed by atoms with Gasteiger partial charge in [-0.05, 0) is 17.3 Å². The molecule has 0 spiro atoms. The van der Waals surface area contributed by atoms with Gasteiger partial charge in [-0.2, -0.15) is 0 Å². The van der Waals surface area contributed by atoms with E-state index in [-0.39, 0.29) is 0 Å². The molecule has 1 aromatic carbocycles. The van der Waals surface area contributed by atoms with Gasteiger partial charge in [0.05, 0.1) is 15.2 Å². The Balaban J connectivity index is 3.13. The molecule has 0 radical (unpaired) electrons. The van der Waals surface area contributed by atoms with Crippen molar-refractivity contribution in [3.8, 4) is 5.75 Å². The molecule has 0 unspecified atom stereocenters. The Bertz CT molecular complexity index is 304. The van der Waals surface area contributed by atoms with E-state index in [1.807, 2.05) is 12.1 Å². The summed E-state index contributed by atoms with van der Waals surface area (Å²) in [4.78, 5) is 0. The van der Waals surface area contributed by atoms with Crippen molar-refractivity contribution < 1.29 is 4.74 Å². The predicted molar refractivity (Wildman–Crippen MR) is 61.0 cm³/mol. The molecule has 1 rings (SSSR count). The van der Waals surface area contributed by atoms with Gasteiger partial charge >= 0.3 is 0 Å². The van der Waals surface area contributed by atoms with E-state index in [0.29, 0.717) is 0 Å². The number of hydrogen-bond donors (Lipinski definition) is 0. The molecule has 0 N–H and O–H groups in total. The molecule has 1 aromatic rings. The fraction of sp³-hybridized carbons (Fsp3) is 0.400. The fourth-order valence-electron chi connectivity index (χ4n) is 1.23. The second kappa shape index (κ2) is 3.72. The maximum atomic E-state index is 6.15. The number of halogens is 1. The highest BCUT2D eigenvalue weighted by molar-refractivity contribution is 6.90. The molecule has 13 heavy (non-hydrogen) atoms. The van der Waals surface area contributed by atoms with E-state index < -0.39 is 8.07 Å². The van der Waals surface area contributed by atoms with E-state index in [2.05, 4.69) is 25.7 Å². The van der Waals surface area contributed by atoms with Crippen LogP contribution in [0.4, 0.5) is 0 Å². The van der Waals surface area contributed by atoms with Gasteiger partial charge in [0.2, 0.25) is 0 Å². The van der Waals surface area contributed by atoms with Gasteiger partial charge in [-0.3, -0.25) is 0 Å². The molecule has 0 atom stereocenters. The van der Waals surface area contributed by atoms with Crippen LogP contribution >= 0.6 is 11.6 Å². The Hall–Kier alpha value is -0.473. The van der Waals surface area contributed by atoms with Crippen molar-refractivity contribution in [1.82, 2.24) is 0 Å². The maximum absolute atomic E-state index is 6.15. The summed E-state index contributed by atoms with van der Waals surface area (Å²) in [6.45, 7) is 6.84. The number of rotatable bonds is 2. The standard InChI is InChI=1S/C10H15ClOSi/c1-12-8-5-6-10(9(11)7-8)13(2,3)4/h5-7H,1-4H3. The van der Waals surface area contributed by atoms with Crippen molar-refractivity contribution in [2.75, 3.05) is 7.11 Å². The third kappa shape index (κ3) is 2.48. The summed E-state index contributed by atoms with van der Waals surface area (Å²) in [5.41, 5.74) is 0. The molecule has 0 amide bonds. The van der Waals surface area contributed by atoms with Crippen molar-refractivity contribution in [3.05, 3.63) is 23.2 Å². The van der Waals surface area contributed by atoms with Gasteiger partial charge < -0.3 is 4.74 Å². The Morgan fingerprint density at radius 2 is 1.85 bits per heavy atom. The lowest BCUT2D eigenvalue weighted by molar-refractivity contribution is 0.415. The van der Waals surface area contributed by atoms with Crippen LogP contribution in [0.5, 0.6) is 5.75 Å². The van der Waals surface area contributed by atoms with Crippen LogP contribution < -0.4 is 9.92 Å². The Labute approximate surface area is 85.7 Å². The maximum Gasteiger partial charge on any atom is 0.120 e. The molecule has 0 bridgehead atoms. The minimum atomic E-state index is -1.30. The summed E-state index contributed by atoms with van der Waals surface area (Å²) in [6.07, 6.45) is 0. The van der Waals surface area contributed by atoms with Gasteiger partial charge in [-0.1, -0.05) is 37.3 Å². The Morgan fingerprint density at radius 1 is 1.23 bits per heavy atom. The summed E-state index contributed by atoms with van der Waals surface area (Å²) >= 11 is 6.15. The highest BCUT2D eigenvalue weighted by Gasteiger charge is 2.19. The summed E-state index contributed by atoms with van der Waals surface area (Å²) in [6, 6.07) is 5.93. The van der Waals surface area contributed by atoms with Crippen LogP contribution in [-0.4, -0.2) is 15.2 Å². The van der Waals surface area contributed by atoms with E-state index in [1.54, 1.807) is 7.11 Å². The summed E-state index contributed by atoms with van der Waals surface area (Å²) < 4.78 is 5.09. The average Bonchev–Trinajstić information content (AvgIpc) is 2.01. The first-order chi connectivity index (χ1) is 5.95. The van der Waals surface area contributed by atoms with Gasteiger partial charge in [-0.15, -0.1) is 0 Å². The van der Waals surface area contributed by atoms with Crippen LogP contribution in [0.2, 0.25) is 24.7 Å². The molecule has 0 saturated carbocycles. The normalized spacial score (nSPS) is 11.5. The Kier molecular flexibility index (Phi) is 3.04. The van der Waals surface area contributed by atoms with Gasteiger partial charge in [-0.25, -0.2) is 0 Å². The number of methoxy groups -OCH3 is 1. The van der Waals surface area contributed by atoms with Crippen molar-refractivity contribution in [2.24, 2.45) is 0 Å². The van der Waals surface area contributed by atoms with E-state index in [1.165, 1.54) is 5.19 Å². The molecule has 72 valence electrons. The van der Waals surface area contributed by atoms with E-state index in [0.717, 1.165) is 10.8 Å². The second-order valence-corrected chi connectivity index (χ2v) is 9.54. The first kappa shape index (κ1) is 10.6. The number of benzene rings is 1. The third-order valence-corrected chi connectivity index (χ3v) is 4.51.